The molecular weight excluding hydrogens is 240 g/mol. The Kier molecular flexibility index (Phi) is 2.79. The second kappa shape index (κ2) is 4.61. The molecule has 0 radical (unpaired) electrons. The zero-order chi connectivity index (χ0) is 13.2. The highest BCUT2D eigenvalue weighted by Gasteiger charge is 2.08. The van der Waals surface area contributed by atoms with Crippen molar-refractivity contribution in [1.82, 2.24) is 14.6 Å². The molecule has 5 nitrogen and oxygen atoms in total. The van der Waals surface area contributed by atoms with E-state index in [2.05, 4.69) is 16.1 Å². The first kappa shape index (κ1) is 11.5. The van der Waals surface area contributed by atoms with Crippen LogP contribution in [0.25, 0.3) is 5.65 Å². The Bertz CT molecular complexity index is 720. The highest BCUT2D eigenvalue weighted by molar-refractivity contribution is 5.52. The van der Waals surface area contributed by atoms with Crippen LogP contribution in [-0.4, -0.2) is 21.7 Å². The van der Waals surface area contributed by atoms with Crippen LogP contribution >= 0.6 is 0 Å². The molecule has 2 N–H and O–H groups in total. The summed E-state index contributed by atoms with van der Waals surface area (Å²) < 4.78 is 6.87. The van der Waals surface area contributed by atoms with Crippen molar-refractivity contribution in [2.45, 2.75) is 6.42 Å². The van der Waals surface area contributed by atoms with Gasteiger partial charge in [0.1, 0.15) is 11.6 Å². The number of ether oxygens (including phenoxy) is 1. The summed E-state index contributed by atoms with van der Waals surface area (Å²) in [6.45, 7) is 0. The molecule has 0 unspecified atom stereocenters. The minimum absolute atomic E-state index is 0.585. The molecular formula is C14H14N4O. The van der Waals surface area contributed by atoms with Gasteiger partial charge in [0.15, 0.2) is 5.65 Å². The number of nitrogen functional groups attached to an aromatic ring is 1. The Morgan fingerprint density at radius 1 is 1.32 bits per heavy atom. The van der Waals surface area contributed by atoms with Crippen molar-refractivity contribution in [2.24, 2.45) is 0 Å². The SMILES string of the molecule is COc1cccc(Cc2cnn3c(N)ccnc23)c1. The number of hydrogen-bond donors (Lipinski definition) is 1. The van der Waals surface area contributed by atoms with Gasteiger partial charge in [0.05, 0.1) is 13.3 Å². The molecule has 19 heavy (non-hydrogen) atoms. The molecule has 5 heteroatoms. The van der Waals surface area contributed by atoms with Gasteiger partial charge in [0.25, 0.3) is 0 Å². The van der Waals surface area contributed by atoms with Crippen molar-refractivity contribution >= 4 is 11.5 Å². The maximum absolute atomic E-state index is 5.85. The summed E-state index contributed by atoms with van der Waals surface area (Å²) in [5.74, 6) is 1.43. The Morgan fingerprint density at radius 3 is 3.05 bits per heavy atom. The van der Waals surface area contributed by atoms with Gasteiger partial charge in [0.2, 0.25) is 0 Å². The van der Waals surface area contributed by atoms with Crippen LogP contribution in [0.3, 0.4) is 0 Å². The van der Waals surface area contributed by atoms with Gasteiger partial charge in [-0.2, -0.15) is 9.61 Å². The summed E-state index contributed by atoms with van der Waals surface area (Å²) in [6, 6.07) is 9.70. The highest BCUT2D eigenvalue weighted by Crippen LogP contribution is 2.19. The smallest absolute Gasteiger partial charge is 0.160 e. The van der Waals surface area contributed by atoms with Gasteiger partial charge in [-0.25, -0.2) is 4.98 Å². The number of anilines is 1. The zero-order valence-corrected chi connectivity index (χ0v) is 10.6. The first-order valence-electron chi connectivity index (χ1n) is 5.98. The summed E-state index contributed by atoms with van der Waals surface area (Å²) >= 11 is 0. The molecule has 0 saturated carbocycles. The fourth-order valence-corrected chi connectivity index (χ4v) is 2.08. The standard InChI is InChI=1S/C14H14N4O/c1-19-12-4-2-3-10(8-12)7-11-9-17-18-13(15)5-6-16-14(11)18/h2-6,8-9H,7,15H2,1H3. The summed E-state index contributed by atoms with van der Waals surface area (Å²) in [4.78, 5) is 4.33. The molecule has 0 atom stereocenters. The molecule has 0 aliphatic carbocycles. The Labute approximate surface area is 110 Å². The van der Waals surface area contributed by atoms with Crippen LogP contribution < -0.4 is 10.5 Å². The molecule has 2 aromatic heterocycles. The lowest BCUT2D eigenvalue weighted by Gasteiger charge is -2.03. The van der Waals surface area contributed by atoms with Crippen molar-refractivity contribution < 1.29 is 4.74 Å². The topological polar surface area (TPSA) is 65.4 Å². The van der Waals surface area contributed by atoms with E-state index in [0.29, 0.717) is 5.82 Å². The third kappa shape index (κ3) is 2.10. The lowest BCUT2D eigenvalue weighted by molar-refractivity contribution is 0.414. The zero-order valence-electron chi connectivity index (χ0n) is 10.6. The second-order valence-electron chi connectivity index (χ2n) is 4.30. The van der Waals surface area contributed by atoms with E-state index in [1.807, 2.05) is 18.2 Å². The van der Waals surface area contributed by atoms with Crippen molar-refractivity contribution in [3.8, 4) is 5.75 Å². The number of nitrogens with two attached hydrogens (primary N) is 1. The molecule has 0 amide bonds. The normalized spacial score (nSPS) is 10.8. The van der Waals surface area contributed by atoms with Gasteiger partial charge in [0, 0.05) is 18.2 Å². The van der Waals surface area contributed by atoms with E-state index in [0.717, 1.165) is 28.9 Å². The number of fused-ring (bicyclic) bond motifs is 1. The first-order chi connectivity index (χ1) is 9.28. The van der Waals surface area contributed by atoms with E-state index in [1.165, 1.54) is 0 Å². The second-order valence-corrected chi connectivity index (χ2v) is 4.30. The Balaban J connectivity index is 1.99. The predicted octanol–water partition coefficient (Wildman–Crippen LogP) is 1.91. The van der Waals surface area contributed by atoms with Gasteiger partial charge in [-0.15, -0.1) is 0 Å². The van der Waals surface area contributed by atoms with E-state index in [4.69, 9.17) is 10.5 Å². The molecule has 0 bridgehead atoms. The molecule has 0 aliphatic rings. The van der Waals surface area contributed by atoms with Gasteiger partial charge >= 0.3 is 0 Å². The fraction of sp³-hybridized carbons (Fsp3) is 0.143. The van der Waals surface area contributed by atoms with Crippen molar-refractivity contribution in [1.29, 1.82) is 0 Å². The summed E-state index contributed by atoms with van der Waals surface area (Å²) in [5.41, 5.74) is 8.84. The van der Waals surface area contributed by atoms with Crippen LogP contribution in [0.15, 0.2) is 42.7 Å². The van der Waals surface area contributed by atoms with Gasteiger partial charge in [-0.05, 0) is 23.8 Å². The van der Waals surface area contributed by atoms with Crippen LogP contribution in [-0.2, 0) is 6.42 Å². The van der Waals surface area contributed by atoms with Crippen molar-refractivity contribution in [3.05, 3.63) is 53.9 Å². The highest BCUT2D eigenvalue weighted by atomic mass is 16.5. The Hall–Kier alpha value is -2.56. The minimum atomic E-state index is 0.585. The van der Waals surface area contributed by atoms with Gasteiger partial charge < -0.3 is 10.5 Å². The van der Waals surface area contributed by atoms with Gasteiger partial charge in [-0.3, -0.25) is 0 Å². The number of rotatable bonds is 3. The fourth-order valence-electron chi connectivity index (χ4n) is 2.08. The molecule has 3 aromatic rings. The summed E-state index contributed by atoms with van der Waals surface area (Å²) in [5, 5.41) is 4.25. The molecule has 0 fully saturated rings. The lowest BCUT2D eigenvalue weighted by Crippen LogP contribution is -1.99. The monoisotopic (exact) mass is 254 g/mol. The summed E-state index contributed by atoms with van der Waals surface area (Å²) in [7, 11) is 1.66. The van der Waals surface area contributed by atoms with Crippen molar-refractivity contribution in [3.63, 3.8) is 0 Å². The van der Waals surface area contributed by atoms with Crippen LogP contribution in [0, 0.1) is 0 Å². The molecule has 1 aromatic carbocycles. The predicted molar refractivity (Wildman–Crippen MR) is 73.2 cm³/mol. The largest absolute Gasteiger partial charge is 0.497 e. The van der Waals surface area contributed by atoms with E-state index in [9.17, 15) is 0 Å². The van der Waals surface area contributed by atoms with Crippen LogP contribution in [0.4, 0.5) is 5.82 Å². The average molecular weight is 254 g/mol. The molecule has 0 spiro atoms. The third-order valence-corrected chi connectivity index (χ3v) is 3.03. The average Bonchev–Trinajstić information content (AvgIpc) is 2.84. The van der Waals surface area contributed by atoms with E-state index in [-0.39, 0.29) is 0 Å². The summed E-state index contributed by atoms with van der Waals surface area (Å²) in [6.07, 6.45) is 4.25. The maximum atomic E-state index is 5.85. The molecule has 96 valence electrons. The molecule has 3 rings (SSSR count). The van der Waals surface area contributed by atoms with Crippen LogP contribution in [0.2, 0.25) is 0 Å². The Morgan fingerprint density at radius 2 is 2.21 bits per heavy atom. The van der Waals surface area contributed by atoms with E-state index >= 15 is 0 Å². The lowest BCUT2D eigenvalue weighted by atomic mass is 10.1. The van der Waals surface area contributed by atoms with E-state index < -0.39 is 0 Å². The number of benzene rings is 1. The molecule has 0 aliphatic heterocycles. The number of nitrogens with zero attached hydrogens (tertiary/aromatic N) is 3. The quantitative estimate of drug-likeness (QED) is 0.775. The van der Waals surface area contributed by atoms with E-state index in [1.54, 1.807) is 30.1 Å². The van der Waals surface area contributed by atoms with Crippen LogP contribution in [0.1, 0.15) is 11.1 Å². The maximum Gasteiger partial charge on any atom is 0.160 e. The number of methoxy groups -OCH3 is 1. The molecule has 2 heterocycles. The van der Waals surface area contributed by atoms with Gasteiger partial charge in [-0.1, -0.05) is 12.1 Å². The third-order valence-electron chi connectivity index (χ3n) is 3.03. The number of aromatic nitrogens is 3. The molecule has 0 saturated heterocycles. The minimum Gasteiger partial charge on any atom is -0.497 e. The number of hydrogen-bond acceptors (Lipinski definition) is 4. The van der Waals surface area contributed by atoms with Crippen molar-refractivity contribution in [2.75, 3.05) is 12.8 Å². The van der Waals surface area contributed by atoms with Crippen LogP contribution in [0.5, 0.6) is 5.75 Å². The first-order valence-corrected chi connectivity index (χ1v) is 5.98.